The summed E-state index contributed by atoms with van der Waals surface area (Å²) in [5, 5.41) is 0.868. The van der Waals surface area contributed by atoms with E-state index in [1.54, 1.807) is 35.6 Å². The fourth-order valence-electron chi connectivity index (χ4n) is 1.57. The Bertz CT molecular complexity index is 541. The van der Waals surface area contributed by atoms with Gasteiger partial charge in [0.25, 0.3) is 0 Å². The van der Waals surface area contributed by atoms with Gasteiger partial charge in [0.1, 0.15) is 5.01 Å². The molecule has 1 aromatic carbocycles. The number of thiazole rings is 1. The van der Waals surface area contributed by atoms with E-state index in [0.717, 1.165) is 10.7 Å². The zero-order valence-electron chi connectivity index (χ0n) is 9.86. The molecule has 0 aliphatic rings. The Morgan fingerprint density at radius 3 is 2.76 bits per heavy atom. The average molecular weight is 246 g/mol. The second-order valence-electron chi connectivity index (χ2n) is 3.97. The van der Waals surface area contributed by atoms with Crippen molar-refractivity contribution in [2.45, 2.75) is 20.3 Å². The minimum atomic E-state index is 0.0612. The largest absolute Gasteiger partial charge is 0.399 e. The van der Waals surface area contributed by atoms with E-state index in [1.165, 1.54) is 4.88 Å². The number of benzene rings is 1. The van der Waals surface area contributed by atoms with Gasteiger partial charge in [-0.1, -0.05) is 12.1 Å². The van der Waals surface area contributed by atoms with Gasteiger partial charge in [-0.05, 0) is 26.0 Å². The van der Waals surface area contributed by atoms with E-state index in [9.17, 15) is 4.79 Å². The lowest BCUT2D eigenvalue weighted by molar-refractivity contribution is 0.0993. The molecule has 3 nitrogen and oxygen atoms in total. The Balaban J connectivity index is 2.17. The number of carbonyl (C=O) groups excluding carboxylic acids is 1. The van der Waals surface area contributed by atoms with Crippen molar-refractivity contribution in [2.75, 3.05) is 5.73 Å². The summed E-state index contributed by atoms with van der Waals surface area (Å²) >= 11 is 1.58. The molecule has 1 aromatic heterocycles. The number of Topliss-reactive ketones (excluding diaryl/α,β-unsaturated/α-hetero) is 1. The molecule has 2 aromatic rings. The van der Waals surface area contributed by atoms with Gasteiger partial charge in [0.15, 0.2) is 5.78 Å². The third kappa shape index (κ3) is 2.71. The van der Waals surface area contributed by atoms with Gasteiger partial charge in [-0.25, -0.2) is 4.98 Å². The molecule has 2 rings (SSSR count). The molecule has 0 radical (unpaired) electrons. The zero-order valence-corrected chi connectivity index (χ0v) is 10.7. The average Bonchev–Trinajstić information content (AvgIpc) is 2.58. The van der Waals surface area contributed by atoms with Gasteiger partial charge in [-0.2, -0.15) is 0 Å². The van der Waals surface area contributed by atoms with E-state index >= 15 is 0 Å². The summed E-state index contributed by atoms with van der Waals surface area (Å²) in [7, 11) is 0. The highest BCUT2D eigenvalue weighted by Gasteiger charge is 2.11. The van der Waals surface area contributed by atoms with Crippen LogP contribution in [0.2, 0.25) is 0 Å². The second kappa shape index (κ2) is 4.67. The summed E-state index contributed by atoms with van der Waals surface area (Å²) in [6.07, 6.45) is 0.350. The smallest absolute Gasteiger partial charge is 0.169 e. The highest BCUT2D eigenvalue weighted by atomic mass is 32.1. The number of nitrogens with zero attached hydrogens (tertiary/aromatic N) is 1. The van der Waals surface area contributed by atoms with E-state index in [1.807, 2.05) is 13.8 Å². The number of anilines is 1. The number of nitrogens with two attached hydrogens (primary N) is 1. The molecular formula is C13H14N2OS. The number of ketones is 1. The van der Waals surface area contributed by atoms with Gasteiger partial charge >= 0.3 is 0 Å². The lowest BCUT2D eigenvalue weighted by Crippen LogP contribution is -2.03. The first-order valence-corrected chi connectivity index (χ1v) is 6.19. The van der Waals surface area contributed by atoms with E-state index in [4.69, 9.17) is 5.73 Å². The summed E-state index contributed by atoms with van der Waals surface area (Å²) in [6.45, 7) is 3.97. The highest BCUT2D eigenvalue weighted by molar-refractivity contribution is 7.11. The summed E-state index contributed by atoms with van der Waals surface area (Å²) < 4.78 is 0. The van der Waals surface area contributed by atoms with E-state index < -0.39 is 0 Å². The highest BCUT2D eigenvalue weighted by Crippen LogP contribution is 2.18. The number of aromatic nitrogens is 1. The van der Waals surface area contributed by atoms with Crippen LogP contribution >= 0.6 is 11.3 Å². The molecule has 0 amide bonds. The molecule has 0 spiro atoms. The lowest BCUT2D eigenvalue weighted by atomic mass is 10.1. The summed E-state index contributed by atoms with van der Waals surface area (Å²) in [6, 6.07) is 7.05. The molecule has 0 aliphatic heterocycles. The van der Waals surface area contributed by atoms with Crippen molar-refractivity contribution in [1.82, 2.24) is 4.98 Å². The van der Waals surface area contributed by atoms with E-state index in [2.05, 4.69) is 4.98 Å². The monoisotopic (exact) mass is 246 g/mol. The van der Waals surface area contributed by atoms with Crippen molar-refractivity contribution in [3.8, 4) is 0 Å². The van der Waals surface area contributed by atoms with Crippen molar-refractivity contribution in [3.05, 3.63) is 45.4 Å². The molecule has 2 N–H and O–H groups in total. The quantitative estimate of drug-likeness (QED) is 0.669. The molecule has 17 heavy (non-hydrogen) atoms. The summed E-state index contributed by atoms with van der Waals surface area (Å²) in [4.78, 5) is 17.5. The number of nitrogen functional groups attached to an aromatic ring is 1. The second-order valence-corrected chi connectivity index (χ2v) is 5.26. The maximum absolute atomic E-state index is 12.0. The molecule has 0 aliphatic carbocycles. The van der Waals surface area contributed by atoms with Crippen LogP contribution in [-0.4, -0.2) is 10.8 Å². The molecule has 0 unspecified atom stereocenters. The van der Waals surface area contributed by atoms with E-state index in [0.29, 0.717) is 17.7 Å². The predicted octanol–water partition coefficient (Wildman–Crippen LogP) is 2.77. The van der Waals surface area contributed by atoms with Crippen LogP contribution < -0.4 is 5.73 Å². The molecular weight excluding hydrogens is 232 g/mol. The Hall–Kier alpha value is -1.68. The van der Waals surface area contributed by atoms with Crippen LogP contribution in [0.3, 0.4) is 0 Å². The van der Waals surface area contributed by atoms with Crippen LogP contribution in [0.1, 0.15) is 25.9 Å². The van der Waals surface area contributed by atoms with Crippen LogP contribution in [0, 0.1) is 13.8 Å². The first kappa shape index (κ1) is 11.8. The fraction of sp³-hybridized carbons (Fsp3) is 0.231. The molecule has 0 fully saturated rings. The molecule has 1 heterocycles. The molecule has 88 valence electrons. The number of aryl methyl sites for hydroxylation is 2. The van der Waals surface area contributed by atoms with Crippen LogP contribution in [0.5, 0.6) is 0 Å². The number of rotatable bonds is 3. The Kier molecular flexibility index (Phi) is 3.24. The van der Waals surface area contributed by atoms with Crippen LogP contribution in [-0.2, 0) is 6.42 Å². The van der Waals surface area contributed by atoms with Crippen molar-refractivity contribution < 1.29 is 4.79 Å². The Morgan fingerprint density at radius 2 is 2.18 bits per heavy atom. The minimum Gasteiger partial charge on any atom is -0.399 e. The van der Waals surface area contributed by atoms with Gasteiger partial charge < -0.3 is 5.73 Å². The standard InChI is InChI=1S/C13H14N2OS/c1-8-9(2)17-13(15-8)7-12(16)10-4-3-5-11(14)6-10/h3-6H,7,14H2,1-2H3. The van der Waals surface area contributed by atoms with Gasteiger partial charge in [0.05, 0.1) is 12.1 Å². The summed E-state index contributed by atoms with van der Waals surface area (Å²) in [5.41, 5.74) is 7.92. The third-order valence-electron chi connectivity index (χ3n) is 2.59. The zero-order chi connectivity index (χ0) is 12.4. The molecule has 0 saturated heterocycles. The molecule has 0 bridgehead atoms. The predicted molar refractivity (Wildman–Crippen MR) is 70.5 cm³/mol. The first-order valence-electron chi connectivity index (χ1n) is 5.38. The van der Waals surface area contributed by atoms with Gasteiger partial charge in [-0.3, -0.25) is 4.79 Å². The number of hydrogen-bond acceptors (Lipinski definition) is 4. The fourth-order valence-corrected chi connectivity index (χ4v) is 2.50. The van der Waals surface area contributed by atoms with Crippen molar-refractivity contribution >= 4 is 22.8 Å². The van der Waals surface area contributed by atoms with Crippen LogP contribution in [0.15, 0.2) is 24.3 Å². The Labute approximate surface area is 104 Å². The van der Waals surface area contributed by atoms with Crippen molar-refractivity contribution in [3.63, 3.8) is 0 Å². The van der Waals surface area contributed by atoms with E-state index in [-0.39, 0.29) is 5.78 Å². The topological polar surface area (TPSA) is 56.0 Å². The van der Waals surface area contributed by atoms with Crippen LogP contribution in [0.25, 0.3) is 0 Å². The summed E-state index contributed by atoms with van der Waals surface area (Å²) in [5.74, 6) is 0.0612. The van der Waals surface area contributed by atoms with Gasteiger partial charge in [-0.15, -0.1) is 11.3 Å². The normalized spacial score (nSPS) is 10.5. The van der Waals surface area contributed by atoms with Crippen LogP contribution in [0.4, 0.5) is 5.69 Å². The third-order valence-corrected chi connectivity index (χ3v) is 3.67. The first-order chi connectivity index (χ1) is 8.06. The number of hydrogen-bond donors (Lipinski definition) is 1. The van der Waals surface area contributed by atoms with Crippen molar-refractivity contribution in [2.24, 2.45) is 0 Å². The molecule has 4 heteroatoms. The Morgan fingerprint density at radius 1 is 1.41 bits per heavy atom. The maximum atomic E-state index is 12.0. The SMILES string of the molecule is Cc1nc(CC(=O)c2cccc(N)c2)sc1C. The van der Waals surface area contributed by atoms with Gasteiger partial charge in [0, 0.05) is 16.1 Å². The van der Waals surface area contributed by atoms with Gasteiger partial charge in [0.2, 0.25) is 0 Å². The van der Waals surface area contributed by atoms with Crippen molar-refractivity contribution in [1.29, 1.82) is 0 Å². The molecule has 0 saturated carbocycles. The number of carbonyl (C=O) groups is 1. The maximum Gasteiger partial charge on any atom is 0.169 e. The molecule has 0 atom stereocenters. The lowest BCUT2D eigenvalue weighted by Gasteiger charge is -1.99. The minimum absolute atomic E-state index is 0.0612.